The largest absolute Gasteiger partial charge is 0.506 e. The van der Waals surface area contributed by atoms with Gasteiger partial charge in [0, 0.05) is 41.3 Å². The van der Waals surface area contributed by atoms with Gasteiger partial charge in [-0.25, -0.2) is 4.79 Å². The van der Waals surface area contributed by atoms with E-state index in [0.717, 1.165) is 29.4 Å². The number of H-pyrrole nitrogens is 1. The molecule has 1 atom stereocenters. The number of benzene rings is 1. The highest BCUT2D eigenvalue weighted by Gasteiger charge is 2.23. The minimum Gasteiger partial charge on any atom is -0.506 e. The van der Waals surface area contributed by atoms with Crippen LogP contribution >= 0.6 is 12.4 Å². The van der Waals surface area contributed by atoms with Crippen LogP contribution in [0.15, 0.2) is 29.1 Å². The molecule has 0 fully saturated rings. The molecule has 0 saturated carbocycles. The second kappa shape index (κ2) is 6.75. The highest BCUT2D eigenvalue weighted by atomic mass is 35.5. The number of aromatic carboxylic acids is 1. The number of rotatable bonds is 3. The Hall–Kier alpha value is -2.77. The number of nitrogens with zero attached hydrogens (tertiary/aromatic N) is 1. The van der Waals surface area contributed by atoms with Gasteiger partial charge >= 0.3 is 5.97 Å². The van der Waals surface area contributed by atoms with Gasteiger partial charge in [0.1, 0.15) is 5.75 Å². The number of fused-ring (bicyclic) bond motifs is 3. The first-order chi connectivity index (χ1) is 12.4. The summed E-state index contributed by atoms with van der Waals surface area (Å²) in [5.41, 5.74) is 8.37. The summed E-state index contributed by atoms with van der Waals surface area (Å²) >= 11 is 0. The fraction of sp³-hybridized carbons (Fsp3) is 0.263. The lowest BCUT2D eigenvalue weighted by Crippen LogP contribution is -2.20. The Kier molecular flexibility index (Phi) is 4.75. The first-order valence-corrected chi connectivity index (χ1v) is 8.50. The van der Waals surface area contributed by atoms with Crippen molar-refractivity contribution < 1.29 is 15.0 Å². The van der Waals surface area contributed by atoms with Crippen LogP contribution in [0.2, 0.25) is 0 Å². The smallest absolute Gasteiger partial charge is 0.345 e. The lowest BCUT2D eigenvalue weighted by molar-refractivity contribution is 0.0691. The summed E-state index contributed by atoms with van der Waals surface area (Å²) in [6, 6.07) is 7.98. The number of carboxylic acid groups (broad SMARTS) is 1. The average Bonchev–Trinajstić information content (AvgIpc) is 3.09. The van der Waals surface area contributed by atoms with E-state index in [4.69, 9.17) is 5.73 Å². The molecule has 1 aliphatic heterocycles. The third kappa shape index (κ3) is 2.89. The van der Waals surface area contributed by atoms with Crippen molar-refractivity contribution in [3.05, 3.63) is 51.4 Å². The lowest BCUT2D eigenvalue weighted by Gasteiger charge is -2.13. The number of aromatic nitrogens is 2. The first kappa shape index (κ1) is 19.0. The summed E-state index contributed by atoms with van der Waals surface area (Å²) in [5.74, 6) is -1.92. The molecular weight excluding hydrogens is 370 g/mol. The van der Waals surface area contributed by atoms with E-state index in [9.17, 15) is 19.8 Å². The number of halogens is 1. The highest BCUT2D eigenvalue weighted by Crippen LogP contribution is 2.33. The number of nitrogens with two attached hydrogens (primary N) is 1. The molecule has 0 aliphatic carbocycles. The molecule has 3 aromatic rings. The molecule has 0 radical (unpaired) electrons. The molecule has 2 aromatic heterocycles. The molecule has 3 heterocycles. The summed E-state index contributed by atoms with van der Waals surface area (Å²) in [6.07, 6.45) is 1.21. The standard InChI is InChI=1S/C19H19N3O4.ClH/c1-2-13-16(21-18(24)15(17(13)23)19(25)26)10-4-3-9-5-12-7-11(20)8-22(12)14(9)6-10;/h3-6,11H,2,7-8,20H2,1H3,(H,25,26)(H2,21,23,24);1H. The molecule has 5 N–H and O–H groups in total. The monoisotopic (exact) mass is 389 g/mol. The number of nitrogens with one attached hydrogen (secondary N) is 1. The number of pyridine rings is 1. The van der Waals surface area contributed by atoms with Crippen LogP contribution < -0.4 is 11.3 Å². The van der Waals surface area contributed by atoms with Crippen LogP contribution in [0.25, 0.3) is 22.2 Å². The molecule has 1 aliphatic rings. The maximum Gasteiger partial charge on any atom is 0.345 e. The third-order valence-corrected chi connectivity index (χ3v) is 5.02. The number of carboxylic acids is 1. The second-order valence-corrected chi connectivity index (χ2v) is 6.67. The van der Waals surface area contributed by atoms with Crippen LogP contribution in [0, 0.1) is 0 Å². The third-order valence-electron chi connectivity index (χ3n) is 5.02. The quantitative estimate of drug-likeness (QED) is 0.547. The summed E-state index contributed by atoms with van der Waals surface area (Å²) in [7, 11) is 0. The van der Waals surface area contributed by atoms with Crippen molar-refractivity contribution in [3.63, 3.8) is 0 Å². The van der Waals surface area contributed by atoms with Gasteiger partial charge in [-0.15, -0.1) is 12.4 Å². The molecule has 7 nitrogen and oxygen atoms in total. The van der Waals surface area contributed by atoms with E-state index in [1.807, 2.05) is 18.2 Å². The predicted molar refractivity (Wildman–Crippen MR) is 105 cm³/mol. The molecule has 0 saturated heterocycles. The number of hydrogen-bond acceptors (Lipinski definition) is 4. The van der Waals surface area contributed by atoms with Crippen molar-refractivity contribution >= 4 is 29.3 Å². The topological polar surface area (TPSA) is 121 Å². The van der Waals surface area contributed by atoms with Gasteiger partial charge in [-0.3, -0.25) is 4.79 Å². The maximum atomic E-state index is 12.2. The Morgan fingerprint density at radius 2 is 2.11 bits per heavy atom. The van der Waals surface area contributed by atoms with E-state index in [1.165, 1.54) is 5.69 Å². The predicted octanol–water partition coefficient (Wildman–Crippen LogP) is 2.27. The van der Waals surface area contributed by atoms with Crippen LogP contribution in [0.3, 0.4) is 0 Å². The fourth-order valence-electron chi connectivity index (χ4n) is 3.84. The average molecular weight is 390 g/mol. The van der Waals surface area contributed by atoms with Gasteiger partial charge < -0.3 is 25.5 Å². The van der Waals surface area contributed by atoms with E-state index in [0.29, 0.717) is 17.7 Å². The van der Waals surface area contributed by atoms with Crippen molar-refractivity contribution in [1.29, 1.82) is 0 Å². The normalized spacial score (nSPS) is 15.6. The minimum absolute atomic E-state index is 0. The molecule has 0 amide bonds. The summed E-state index contributed by atoms with van der Waals surface area (Å²) < 4.78 is 2.17. The van der Waals surface area contributed by atoms with Gasteiger partial charge in [-0.2, -0.15) is 0 Å². The Morgan fingerprint density at radius 3 is 2.78 bits per heavy atom. The SMILES string of the molecule is CCc1c(-c2ccc3cc4n(c3c2)CC(N)C4)[nH]c(=O)c(C(=O)O)c1O.Cl. The van der Waals surface area contributed by atoms with Gasteiger partial charge in [-0.1, -0.05) is 19.1 Å². The molecule has 1 aromatic carbocycles. The van der Waals surface area contributed by atoms with Crippen molar-refractivity contribution in [3.8, 4) is 17.0 Å². The summed E-state index contributed by atoms with van der Waals surface area (Å²) in [6.45, 7) is 2.54. The lowest BCUT2D eigenvalue weighted by atomic mass is 9.99. The Morgan fingerprint density at radius 1 is 1.37 bits per heavy atom. The van der Waals surface area contributed by atoms with Gasteiger partial charge in [0.15, 0.2) is 5.56 Å². The Bertz CT molecular complexity index is 1120. The molecule has 142 valence electrons. The Balaban J connectivity index is 0.00000210. The van der Waals surface area contributed by atoms with Crippen LogP contribution in [0.5, 0.6) is 5.75 Å². The minimum atomic E-state index is -1.45. The van der Waals surface area contributed by atoms with Crippen molar-refractivity contribution in [2.45, 2.75) is 32.4 Å². The van der Waals surface area contributed by atoms with Crippen molar-refractivity contribution in [2.75, 3.05) is 0 Å². The van der Waals surface area contributed by atoms with Crippen LogP contribution in [0.1, 0.15) is 28.5 Å². The molecule has 0 spiro atoms. The molecule has 1 unspecified atom stereocenters. The van der Waals surface area contributed by atoms with Crippen LogP contribution in [-0.2, 0) is 19.4 Å². The van der Waals surface area contributed by atoms with Gasteiger partial charge in [0.2, 0.25) is 0 Å². The first-order valence-electron chi connectivity index (χ1n) is 8.50. The van der Waals surface area contributed by atoms with E-state index in [1.54, 1.807) is 6.92 Å². The van der Waals surface area contributed by atoms with E-state index in [-0.39, 0.29) is 18.4 Å². The van der Waals surface area contributed by atoms with E-state index >= 15 is 0 Å². The highest BCUT2D eigenvalue weighted by molar-refractivity contribution is 5.92. The molecular formula is C19H20ClN3O4. The number of aromatic hydroxyl groups is 1. The second-order valence-electron chi connectivity index (χ2n) is 6.67. The number of hydrogen-bond donors (Lipinski definition) is 4. The van der Waals surface area contributed by atoms with Crippen LogP contribution in [0.4, 0.5) is 0 Å². The van der Waals surface area contributed by atoms with E-state index < -0.39 is 22.8 Å². The summed E-state index contributed by atoms with van der Waals surface area (Å²) in [5, 5.41) is 20.6. The van der Waals surface area contributed by atoms with Gasteiger partial charge in [-0.05, 0) is 23.9 Å². The van der Waals surface area contributed by atoms with Crippen molar-refractivity contribution in [2.24, 2.45) is 5.73 Å². The number of carbonyl (C=O) groups is 1. The van der Waals surface area contributed by atoms with Crippen molar-refractivity contribution in [1.82, 2.24) is 9.55 Å². The molecule has 8 heteroatoms. The van der Waals surface area contributed by atoms with Gasteiger partial charge in [0.25, 0.3) is 5.56 Å². The molecule has 27 heavy (non-hydrogen) atoms. The Labute approximate surface area is 160 Å². The summed E-state index contributed by atoms with van der Waals surface area (Å²) in [4.78, 5) is 26.1. The van der Waals surface area contributed by atoms with Crippen LogP contribution in [-0.4, -0.2) is 31.8 Å². The zero-order chi connectivity index (χ0) is 18.6. The molecule has 0 bridgehead atoms. The van der Waals surface area contributed by atoms with Gasteiger partial charge in [0.05, 0.1) is 5.69 Å². The fourth-order valence-corrected chi connectivity index (χ4v) is 3.84. The zero-order valence-electron chi connectivity index (χ0n) is 14.7. The maximum absolute atomic E-state index is 12.2. The van der Waals surface area contributed by atoms with E-state index in [2.05, 4.69) is 15.6 Å². The number of aromatic amines is 1. The molecule has 4 rings (SSSR count). The zero-order valence-corrected chi connectivity index (χ0v) is 15.5.